The number of hydrazine groups is 1. The van der Waals surface area contributed by atoms with E-state index in [-0.39, 0.29) is 17.1 Å². The minimum Gasteiger partial charge on any atom is -0.360 e. The Bertz CT molecular complexity index is 452. The summed E-state index contributed by atoms with van der Waals surface area (Å²) < 4.78 is 0.716. The van der Waals surface area contributed by atoms with E-state index in [0.717, 1.165) is 18.1 Å². The Balaban J connectivity index is 2.40. The third-order valence-electron chi connectivity index (χ3n) is 2.23. The smallest absolute Gasteiger partial charge is 0.251 e. The maximum absolute atomic E-state index is 11.7. The Hall–Kier alpha value is -1.35. The molecule has 1 aromatic rings. The van der Waals surface area contributed by atoms with Crippen molar-refractivity contribution in [1.82, 2.24) is 21.0 Å². The van der Waals surface area contributed by atoms with Gasteiger partial charge in [-0.05, 0) is 13.3 Å². The molecular formula is C11H19N5O2S2. The van der Waals surface area contributed by atoms with Gasteiger partial charge >= 0.3 is 0 Å². The normalized spacial score (nSPS) is 11.8. The van der Waals surface area contributed by atoms with Gasteiger partial charge in [-0.3, -0.25) is 20.4 Å². The molecule has 112 valence electrons. The third-order valence-corrected chi connectivity index (χ3v) is 4.29. The lowest BCUT2D eigenvalue weighted by Gasteiger charge is -2.10. The van der Waals surface area contributed by atoms with Gasteiger partial charge in [-0.15, -0.1) is 10.2 Å². The van der Waals surface area contributed by atoms with Crippen molar-refractivity contribution in [3.63, 3.8) is 0 Å². The van der Waals surface area contributed by atoms with Crippen LogP contribution in [0.5, 0.6) is 0 Å². The van der Waals surface area contributed by atoms with Crippen LogP contribution in [0.25, 0.3) is 0 Å². The Morgan fingerprint density at radius 3 is 2.70 bits per heavy atom. The number of carbonyl (C=O) groups is 2. The van der Waals surface area contributed by atoms with Crippen molar-refractivity contribution in [2.75, 3.05) is 11.9 Å². The first-order valence-corrected chi connectivity index (χ1v) is 8.09. The quantitative estimate of drug-likeness (QED) is 0.519. The highest BCUT2D eigenvalue weighted by molar-refractivity contribution is 8.02. The summed E-state index contributed by atoms with van der Waals surface area (Å²) in [6.07, 6.45) is 1.34. The van der Waals surface area contributed by atoms with Gasteiger partial charge in [0.2, 0.25) is 11.0 Å². The van der Waals surface area contributed by atoms with Crippen molar-refractivity contribution < 1.29 is 9.59 Å². The molecule has 20 heavy (non-hydrogen) atoms. The zero-order chi connectivity index (χ0) is 15.0. The van der Waals surface area contributed by atoms with Gasteiger partial charge in [0.1, 0.15) is 0 Å². The average Bonchev–Trinajstić information content (AvgIpc) is 2.89. The molecule has 9 heteroatoms. The monoisotopic (exact) mass is 317 g/mol. The van der Waals surface area contributed by atoms with E-state index < -0.39 is 0 Å². The van der Waals surface area contributed by atoms with Crippen LogP contribution in [-0.4, -0.2) is 33.8 Å². The van der Waals surface area contributed by atoms with Gasteiger partial charge in [0.25, 0.3) is 5.91 Å². The molecule has 0 aromatic carbocycles. The molecule has 0 aliphatic rings. The summed E-state index contributed by atoms with van der Waals surface area (Å²) in [6, 6.07) is 0. The van der Waals surface area contributed by atoms with Crippen molar-refractivity contribution >= 4 is 40.0 Å². The first-order chi connectivity index (χ1) is 9.56. The van der Waals surface area contributed by atoms with Gasteiger partial charge in [-0.1, -0.05) is 36.9 Å². The van der Waals surface area contributed by atoms with Crippen LogP contribution in [0.3, 0.4) is 0 Å². The van der Waals surface area contributed by atoms with Crippen LogP contribution in [-0.2, 0) is 9.59 Å². The predicted octanol–water partition coefficient (Wildman–Crippen LogP) is 1.40. The van der Waals surface area contributed by atoms with Gasteiger partial charge in [0, 0.05) is 13.0 Å². The Labute approximate surface area is 126 Å². The second kappa shape index (κ2) is 8.75. The van der Waals surface area contributed by atoms with E-state index in [1.165, 1.54) is 23.1 Å². The highest BCUT2D eigenvalue weighted by Crippen LogP contribution is 2.28. The standard InChI is InChI=1S/C11H19N5O2S2/c1-4-6-12-10-15-16-11(20-10)19-7(3)9(18)14-13-8(17)5-2/h7H,4-6H2,1-3H3,(H,12,15)(H,13,17)(H,14,18). The molecule has 0 spiro atoms. The third kappa shape index (κ3) is 5.74. The minimum absolute atomic E-state index is 0.225. The molecular weight excluding hydrogens is 298 g/mol. The zero-order valence-electron chi connectivity index (χ0n) is 11.7. The molecule has 0 bridgehead atoms. The van der Waals surface area contributed by atoms with E-state index in [1.807, 2.05) is 0 Å². The molecule has 3 N–H and O–H groups in total. The van der Waals surface area contributed by atoms with Gasteiger partial charge < -0.3 is 5.32 Å². The fourth-order valence-electron chi connectivity index (χ4n) is 1.09. The van der Waals surface area contributed by atoms with E-state index in [1.54, 1.807) is 13.8 Å². The second-order valence-electron chi connectivity index (χ2n) is 3.95. The summed E-state index contributed by atoms with van der Waals surface area (Å²) in [5.74, 6) is -0.493. The number of nitrogens with one attached hydrogen (secondary N) is 3. The molecule has 1 aromatic heterocycles. The maximum atomic E-state index is 11.7. The largest absolute Gasteiger partial charge is 0.360 e. The summed E-state index contributed by atoms with van der Waals surface area (Å²) in [5.41, 5.74) is 4.71. The van der Waals surface area contributed by atoms with Crippen molar-refractivity contribution in [2.24, 2.45) is 0 Å². The number of hydrogen-bond acceptors (Lipinski definition) is 7. The maximum Gasteiger partial charge on any atom is 0.251 e. The Kier molecular flexibility index (Phi) is 7.31. The lowest BCUT2D eigenvalue weighted by atomic mass is 10.4. The zero-order valence-corrected chi connectivity index (χ0v) is 13.4. The number of carbonyl (C=O) groups excluding carboxylic acids is 2. The number of aromatic nitrogens is 2. The molecule has 0 saturated carbocycles. The summed E-state index contributed by atoms with van der Waals surface area (Å²) in [7, 11) is 0. The molecule has 0 saturated heterocycles. The first-order valence-electron chi connectivity index (χ1n) is 6.39. The van der Waals surface area contributed by atoms with E-state index in [4.69, 9.17) is 0 Å². The molecule has 1 atom stereocenters. The summed E-state index contributed by atoms with van der Waals surface area (Å²) >= 11 is 2.72. The average molecular weight is 317 g/mol. The highest BCUT2D eigenvalue weighted by atomic mass is 32.2. The van der Waals surface area contributed by atoms with Crippen LogP contribution in [0, 0.1) is 0 Å². The van der Waals surface area contributed by atoms with Crippen LogP contribution >= 0.6 is 23.1 Å². The SMILES string of the molecule is CCCNc1nnc(SC(C)C(=O)NNC(=O)CC)s1. The molecule has 1 unspecified atom stereocenters. The Morgan fingerprint density at radius 1 is 1.30 bits per heavy atom. The van der Waals surface area contributed by atoms with Gasteiger partial charge in [-0.2, -0.15) is 0 Å². The van der Waals surface area contributed by atoms with Crippen molar-refractivity contribution in [2.45, 2.75) is 43.2 Å². The molecule has 0 radical (unpaired) electrons. The summed E-state index contributed by atoms with van der Waals surface area (Å²) in [6.45, 7) is 6.38. The van der Waals surface area contributed by atoms with Gasteiger partial charge in [0.15, 0.2) is 4.34 Å². The summed E-state index contributed by atoms with van der Waals surface area (Å²) in [4.78, 5) is 22.8. The minimum atomic E-state index is -0.362. The van der Waals surface area contributed by atoms with E-state index >= 15 is 0 Å². The lowest BCUT2D eigenvalue weighted by Crippen LogP contribution is -2.44. The van der Waals surface area contributed by atoms with E-state index in [9.17, 15) is 9.59 Å². The molecule has 1 rings (SSSR count). The van der Waals surface area contributed by atoms with E-state index in [2.05, 4.69) is 33.3 Å². The van der Waals surface area contributed by atoms with Crippen LogP contribution in [0.4, 0.5) is 5.13 Å². The lowest BCUT2D eigenvalue weighted by molar-refractivity contribution is -0.128. The topological polar surface area (TPSA) is 96.0 Å². The van der Waals surface area contributed by atoms with Crippen LogP contribution in [0.2, 0.25) is 0 Å². The molecule has 2 amide bonds. The number of anilines is 1. The highest BCUT2D eigenvalue weighted by Gasteiger charge is 2.17. The Morgan fingerprint density at radius 2 is 2.05 bits per heavy atom. The van der Waals surface area contributed by atoms with Crippen molar-refractivity contribution in [3.8, 4) is 0 Å². The number of nitrogens with zero attached hydrogens (tertiary/aromatic N) is 2. The predicted molar refractivity (Wildman–Crippen MR) is 80.6 cm³/mol. The number of rotatable bonds is 7. The molecule has 0 aliphatic carbocycles. The second-order valence-corrected chi connectivity index (χ2v) is 6.52. The van der Waals surface area contributed by atoms with Crippen molar-refractivity contribution in [1.29, 1.82) is 0 Å². The molecule has 1 heterocycles. The molecule has 7 nitrogen and oxygen atoms in total. The van der Waals surface area contributed by atoms with Crippen molar-refractivity contribution in [3.05, 3.63) is 0 Å². The first kappa shape index (κ1) is 16.7. The number of hydrogen-bond donors (Lipinski definition) is 3. The van der Waals surface area contributed by atoms with Crippen LogP contribution in [0.1, 0.15) is 33.6 Å². The van der Waals surface area contributed by atoms with Crippen LogP contribution < -0.4 is 16.2 Å². The van der Waals surface area contributed by atoms with Crippen LogP contribution in [0.15, 0.2) is 4.34 Å². The van der Waals surface area contributed by atoms with E-state index in [0.29, 0.717) is 10.8 Å². The summed E-state index contributed by atoms with van der Waals surface area (Å²) in [5, 5.41) is 11.5. The molecule has 0 aliphatic heterocycles. The number of thioether (sulfide) groups is 1. The fourth-order valence-corrected chi connectivity index (χ4v) is 3.01. The fraction of sp³-hybridized carbons (Fsp3) is 0.636. The molecule has 0 fully saturated rings. The number of amides is 2. The van der Waals surface area contributed by atoms with Gasteiger partial charge in [0.05, 0.1) is 5.25 Å². The van der Waals surface area contributed by atoms with Gasteiger partial charge in [-0.25, -0.2) is 0 Å².